The highest BCUT2D eigenvalue weighted by Crippen LogP contribution is 2.42. The van der Waals surface area contributed by atoms with E-state index in [9.17, 15) is 4.79 Å². The highest BCUT2D eigenvalue weighted by Gasteiger charge is 2.23. The first-order valence-electron chi connectivity index (χ1n) is 8.57. The monoisotopic (exact) mass is 355 g/mol. The Balaban J connectivity index is 1.65. The molecule has 0 aliphatic carbocycles. The lowest BCUT2D eigenvalue weighted by Crippen LogP contribution is -2.47. The van der Waals surface area contributed by atoms with Crippen molar-refractivity contribution >= 4 is 5.91 Å². The number of ether oxygens (including phenoxy) is 3. The first-order valence-corrected chi connectivity index (χ1v) is 8.57. The van der Waals surface area contributed by atoms with Gasteiger partial charge in [0, 0.05) is 49.6 Å². The maximum Gasteiger partial charge on any atom is 0.254 e. The molecule has 0 saturated carbocycles. The number of amides is 1. The second-order valence-electron chi connectivity index (χ2n) is 6.43. The fourth-order valence-electron chi connectivity index (χ4n) is 3.20. The van der Waals surface area contributed by atoms with E-state index < -0.39 is 0 Å². The smallest absolute Gasteiger partial charge is 0.254 e. The SMILES string of the molecule is COc1cc2c(cc1-c1cc(C(=O)N3CCN(C)CC3)ccn1)OCO2. The molecule has 0 bridgehead atoms. The molecule has 1 fully saturated rings. The zero-order chi connectivity index (χ0) is 18.1. The fourth-order valence-corrected chi connectivity index (χ4v) is 3.20. The molecule has 7 nitrogen and oxygen atoms in total. The lowest BCUT2D eigenvalue weighted by Gasteiger charge is -2.32. The molecule has 7 heteroatoms. The van der Waals surface area contributed by atoms with Crippen molar-refractivity contribution < 1.29 is 19.0 Å². The Bertz CT molecular complexity index is 832. The minimum Gasteiger partial charge on any atom is -0.496 e. The Kier molecular flexibility index (Phi) is 4.38. The van der Waals surface area contributed by atoms with Gasteiger partial charge in [0.15, 0.2) is 11.5 Å². The van der Waals surface area contributed by atoms with Gasteiger partial charge in [-0.2, -0.15) is 0 Å². The van der Waals surface area contributed by atoms with E-state index in [1.54, 1.807) is 31.5 Å². The van der Waals surface area contributed by atoms with Gasteiger partial charge in [0.05, 0.1) is 12.8 Å². The Hall–Kier alpha value is -2.80. The number of fused-ring (bicyclic) bond motifs is 1. The lowest BCUT2D eigenvalue weighted by atomic mass is 10.1. The summed E-state index contributed by atoms with van der Waals surface area (Å²) in [5, 5.41) is 0. The maximum absolute atomic E-state index is 12.8. The van der Waals surface area contributed by atoms with Crippen molar-refractivity contribution in [2.45, 2.75) is 0 Å². The first-order chi connectivity index (χ1) is 12.7. The van der Waals surface area contributed by atoms with Crippen LogP contribution in [0.5, 0.6) is 17.2 Å². The van der Waals surface area contributed by atoms with Crippen LogP contribution in [0.25, 0.3) is 11.3 Å². The first kappa shape index (κ1) is 16.7. The van der Waals surface area contributed by atoms with Gasteiger partial charge in [-0.1, -0.05) is 0 Å². The topological polar surface area (TPSA) is 64.1 Å². The zero-order valence-electron chi connectivity index (χ0n) is 14.9. The standard InChI is InChI=1S/C19H21N3O4/c1-21-5-7-22(8-6-21)19(23)13-3-4-20-15(9-13)14-10-17-18(26-12-25-17)11-16(14)24-2/h3-4,9-11H,5-8,12H2,1-2H3. The van der Waals surface area contributed by atoms with E-state index >= 15 is 0 Å². The number of hydrogen-bond acceptors (Lipinski definition) is 6. The minimum atomic E-state index is 0.0291. The molecule has 3 heterocycles. The number of carbonyl (C=O) groups is 1. The van der Waals surface area contributed by atoms with Gasteiger partial charge >= 0.3 is 0 Å². The summed E-state index contributed by atoms with van der Waals surface area (Å²) in [6.45, 7) is 3.44. The molecule has 2 aliphatic heterocycles. The predicted molar refractivity (Wildman–Crippen MR) is 95.7 cm³/mol. The van der Waals surface area contributed by atoms with Gasteiger partial charge < -0.3 is 24.0 Å². The quantitative estimate of drug-likeness (QED) is 0.838. The number of pyridine rings is 1. The molecule has 1 saturated heterocycles. The molecule has 0 radical (unpaired) electrons. The summed E-state index contributed by atoms with van der Waals surface area (Å²) < 4.78 is 16.3. The van der Waals surface area contributed by atoms with Crippen LogP contribution in [0.1, 0.15) is 10.4 Å². The highest BCUT2D eigenvalue weighted by molar-refractivity contribution is 5.95. The second-order valence-corrected chi connectivity index (χ2v) is 6.43. The molecule has 1 aromatic heterocycles. The van der Waals surface area contributed by atoms with E-state index in [0.29, 0.717) is 28.5 Å². The van der Waals surface area contributed by atoms with Gasteiger partial charge in [-0.15, -0.1) is 0 Å². The number of piperazine rings is 1. The molecule has 2 aromatic rings. The van der Waals surface area contributed by atoms with Crippen LogP contribution in [0.15, 0.2) is 30.5 Å². The maximum atomic E-state index is 12.8. The average molecular weight is 355 g/mol. The summed E-state index contributed by atoms with van der Waals surface area (Å²) in [5.41, 5.74) is 2.06. The minimum absolute atomic E-state index is 0.0291. The van der Waals surface area contributed by atoms with E-state index in [1.165, 1.54) is 0 Å². The molecule has 0 unspecified atom stereocenters. The summed E-state index contributed by atoms with van der Waals surface area (Å²) in [5.74, 6) is 1.96. The number of hydrogen-bond donors (Lipinski definition) is 0. The number of carbonyl (C=O) groups excluding carboxylic acids is 1. The van der Waals surface area contributed by atoms with Crippen LogP contribution >= 0.6 is 0 Å². The molecule has 0 spiro atoms. The number of methoxy groups -OCH3 is 1. The molecule has 136 valence electrons. The van der Waals surface area contributed by atoms with Crippen molar-refractivity contribution in [2.75, 3.05) is 47.1 Å². The third kappa shape index (κ3) is 3.06. The molecule has 2 aliphatic rings. The number of benzene rings is 1. The molecule has 0 atom stereocenters. The Morgan fingerprint density at radius 3 is 2.58 bits per heavy atom. The Morgan fingerprint density at radius 2 is 1.85 bits per heavy atom. The Labute approximate surface area is 152 Å². The lowest BCUT2D eigenvalue weighted by molar-refractivity contribution is 0.0664. The zero-order valence-corrected chi connectivity index (χ0v) is 14.9. The number of nitrogens with zero attached hydrogens (tertiary/aromatic N) is 3. The third-order valence-electron chi connectivity index (χ3n) is 4.77. The van der Waals surface area contributed by atoms with E-state index in [-0.39, 0.29) is 12.7 Å². The molecule has 1 amide bonds. The normalized spacial score (nSPS) is 16.6. The van der Waals surface area contributed by atoms with Crippen molar-refractivity contribution in [1.82, 2.24) is 14.8 Å². The van der Waals surface area contributed by atoms with Crippen LogP contribution in [0.3, 0.4) is 0 Å². The van der Waals surface area contributed by atoms with Crippen LogP contribution in [-0.4, -0.2) is 67.8 Å². The third-order valence-corrected chi connectivity index (χ3v) is 4.77. The van der Waals surface area contributed by atoms with Crippen molar-refractivity contribution in [1.29, 1.82) is 0 Å². The molecular formula is C19H21N3O4. The van der Waals surface area contributed by atoms with Gasteiger partial charge in [0.25, 0.3) is 5.91 Å². The molecule has 4 rings (SSSR count). The molecule has 26 heavy (non-hydrogen) atoms. The summed E-state index contributed by atoms with van der Waals surface area (Å²) in [6, 6.07) is 7.19. The van der Waals surface area contributed by atoms with Crippen molar-refractivity contribution in [3.8, 4) is 28.5 Å². The molecule has 1 aromatic carbocycles. The van der Waals surface area contributed by atoms with Gasteiger partial charge in [-0.3, -0.25) is 9.78 Å². The van der Waals surface area contributed by atoms with E-state index in [1.807, 2.05) is 11.0 Å². The van der Waals surface area contributed by atoms with E-state index in [0.717, 1.165) is 31.7 Å². The van der Waals surface area contributed by atoms with Gasteiger partial charge in [-0.25, -0.2) is 0 Å². The van der Waals surface area contributed by atoms with Crippen LogP contribution in [0.2, 0.25) is 0 Å². The number of rotatable bonds is 3. The van der Waals surface area contributed by atoms with Crippen molar-refractivity contribution in [3.05, 3.63) is 36.0 Å². The summed E-state index contributed by atoms with van der Waals surface area (Å²) >= 11 is 0. The number of likely N-dealkylation sites (N-methyl/N-ethyl adjacent to an activating group) is 1. The van der Waals surface area contributed by atoms with Gasteiger partial charge in [0.2, 0.25) is 6.79 Å². The fraction of sp³-hybridized carbons (Fsp3) is 0.368. The Morgan fingerprint density at radius 1 is 1.12 bits per heavy atom. The summed E-state index contributed by atoms with van der Waals surface area (Å²) in [4.78, 5) is 21.4. The second kappa shape index (κ2) is 6.84. The molecule has 0 N–H and O–H groups in total. The summed E-state index contributed by atoms with van der Waals surface area (Å²) in [7, 11) is 3.67. The van der Waals surface area contributed by atoms with Gasteiger partial charge in [-0.05, 0) is 25.2 Å². The van der Waals surface area contributed by atoms with Crippen molar-refractivity contribution in [3.63, 3.8) is 0 Å². The van der Waals surface area contributed by atoms with Gasteiger partial charge in [0.1, 0.15) is 5.75 Å². The largest absolute Gasteiger partial charge is 0.496 e. The molecular weight excluding hydrogens is 334 g/mol. The van der Waals surface area contributed by atoms with E-state index in [2.05, 4.69) is 16.9 Å². The predicted octanol–water partition coefficient (Wildman–Crippen LogP) is 1.87. The van der Waals surface area contributed by atoms with Crippen LogP contribution in [-0.2, 0) is 0 Å². The van der Waals surface area contributed by atoms with Crippen LogP contribution in [0, 0.1) is 0 Å². The van der Waals surface area contributed by atoms with E-state index in [4.69, 9.17) is 14.2 Å². The van der Waals surface area contributed by atoms with Crippen molar-refractivity contribution in [2.24, 2.45) is 0 Å². The summed E-state index contributed by atoms with van der Waals surface area (Å²) in [6.07, 6.45) is 1.66. The average Bonchev–Trinajstić information content (AvgIpc) is 3.14. The number of aromatic nitrogens is 1. The van der Waals surface area contributed by atoms with Crippen LogP contribution in [0.4, 0.5) is 0 Å². The van der Waals surface area contributed by atoms with Crippen LogP contribution < -0.4 is 14.2 Å². The highest BCUT2D eigenvalue weighted by atomic mass is 16.7.